The molecule has 2 N–H and O–H groups in total. The van der Waals surface area contributed by atoms with E-state index in [0.717, 1.165) is 23.6 Å². The molecule has 1 unspecified atom stereocenters. The first-order valence-electron chi connectivity index (χ1n) is 6.93. The Hall–Kier alpha value is -2.17. The van der Waals surface area contributed by atoms with Crippen molar-refractivity contribution in [3.8, 4) is 0 Å². The maximum atomic E-state index is 4.48. The molecule has 2 aromatic rings. The number of rotatable bonds is 6. The average molecular weight is 271 g/mol. The highest BCUT2D eigenvalue weighted by Crippen LogP contribution is 2.12. The van der Waals surface area contributed by atoms with E-state index in [1.54, 1.807) is 6.20 Å². The minimum absolute atomic E-state index is 0.396. The van der Waals surface area contributed by atoms with Gasteiger partial charge in [0.25, 0.3) is 0 Å². The number of nitrogens with zero attached hydrogens (tertiary/aromatic N) is 3. The lowest BCUT2D eigenvalue weighted by atomic mass is 10.2. The van der Waals surface area contributed by atoms with Crippen molar-refractivity contribution in [2.24, 2.45) is 0 Å². The maximum Gasteiger partial charge on any atom is 0.225 e. The zero-order valence-electron chi connectivity index (χ0n) is 12.2. The molecule has 0 bridgehead atoms. The molecule has 106 valence electrons. The molecular weight excluding hydrogens is 250 g/mol. The number of anilines is 2. The molecule has 0 saturated heterocycles. The second kappa shape index (κ2) is 6.84. The third kappa shape index (κ3) is 4.19. The summed E-state index contributed by atoms with van der Waals surface area (Å²) in [6, 6.07) is 8.20. The van der Waals surface area contributed by atoms with E-state index in [4.69, 9.17) is 0 Å². The van der Waals surface area contributed by atoms with E-state index in [1.807, 2.05) is 31.2 Å². The van der Waals surface area contributed by atoms with Gasteiger partial charge in [0.05, 0.1) is 12.2 Å². The standard InChI is InChI=1S/C15H21N5/c1-4-11(2)18-14-9-12(3)19-15(20-14)17-10-13-7-5-6-8-16-13/h5-9,11H,4,10H2,1-3H3,(H2,17,18,19,20). The number of hydrogen-bond acceptors (Lipinski definition) is 5. The van der Waals surface area contributed by atoms with Gasteiger partial charge in [-0.2, -0.15) is 4.98 Å². The first-order valence-corrected chi connectivity index (χ1v) is 6.93. The van der Waals surface area contributed by atoms with E-state index in [9.17, 15) is 0 Å². The Labute approximate surface area is 119 Å². The third-order valence-electron chi connectivity index (χ3n) is 3.01. The van der Waals surface area contributed by atoms with E-state index in [0.29, 0.717) is 18.5 Å². The molecule has 0 aliphatic rings. The first-order chi connectivity index (χ1) is 9.67. The molecular formula is C15H21N5. The van der Waals surface area contributed by atoms with E-state index < -0.39 is 0 Å². The maximum absolute atomic E-state index is 4.48. The Bertz CT molecular complexity index is 541. The van der Waals surface area contributed by atoms with Gasteiger partial charge in [-0.3, -0.25) is 4.98 Å². The zero-order chi connectivity index (χ0) is 14.4. The minimum Gasteiger partial charge on any atom is -0.367 e. The van der Waals surface area contributed by atoms with Crippen LogP contribution in [0.15, 0.2) is 30.5 Å². The highest BCUT2D eigenvalue weighted by Gasteiger charge is 2.05. The van der Waals surface area contributed by atoms with Crippen LogP contribution >= 0.6 is 0 Å². The molecule has 0 fully saturated rings. The van der Waals surface area contributed by atoms with E-state index in [2.05, 4.69) is 39.4 Å². The molecule has 0 aliphatic heterocycles. The van der Waals surface area contributed by atoms with Gasteiger partial charge in [0.1, 0.15) is 5.82 Å². The lowest BCUT2D eigenvalue weighted by Gasteiger charge is -2.13. The molecule has 0 spiro atoms. The van der Waals surface area contributed by atoms with Gasteiger partial charge in [-0.25, -0.2) is 4.98 Å². The van der Waals surface area contributed by atoms with Gasteiger partial charge in [-0.05, 0) is 32.4 Å². The van der Waals surface area contributed by atoms with Gasteiger partial charge >= 0.3 is 0 Å². The van der Waals surface area contributed by atoms with E-state index >= 15 is 0 Å². The molecule has 20 heavy (non-hydrogen) atoms. The van der Waals surface area contributed by atoms with Crippen molar-refractivity contribution in [2.75, 3.05) is 10.6 Å². The first kappa shape index (κ1) is 14.2. The van der Waals surface area contributed by atoms with Crippen LogP contribution in [0.1, 0.15) is 31.7 Å². The molecule has 2 aromatic heterocycles. The van der Waals surface area contributed by atoms with E-state index in [-0.39, 0.29) is 0 Å². The molecule has 1 atom stereocenters. The lowest BCUT2D eigenvalue weighted by molar-refractivity contribution is 0.758. The summed E-state index contributed by atoms with van der Waals surface area (Å²) in [7, 11) is 0. The molecule has 2 heterocycles. The lowest BCUT2D eigenvalue weighted by Crippen LogP contribution is -2.16. The topological polar surface area (TPSA) is 62.7 Å². The van der Waals surface area contributed by atoms with Gasteiger partial charge in [0.15, 0.2) is 0 Å². The summed E-state index contributed by atoms with van der Waals surface area (Å²) >= 11 is 0. The van der Waals surface area contributed by atoms with Crippen LogP contribution in [0.4, 0.5) is 11.8 Å². The Kier molecular flexibility index (Phi) is 4.87. The molecule has 0 saturated carbocycles. The molecule has 0 aliphatic carbocycles. The summed E-state index contributed by atoms with van der Waals surface area (Å²) in [5.41, 5.74) is 1.91. The van der Waals surface area contributed by atoms with Gasteiger partial charge in [0.2, 0.25) is 5.95 Å². The van der Waals surface area contributed by atoms with Crippen molar-refractivity contribution in [3.05, 3.63) is 41.9 Å². The third-order valence-corrected chi connectivity index (χ3v) is 3.01. The monoisotopic (exact) mass is 271 g/mol. The molecule has 5 heteroatoms. The Morgan fingerprint density at radius 2 is 2.10 bits per heavy atom. The fourth-order valence-corrected chi connectivity index (χ4v) is 1.75. The number of nitrogens with one attached hydrogen (secondary N) is 2. The summed E-state index contributed by atoms with van der Waals surface area (Å²) in [5, 5.41) is 6.57. The SMILES string of the molecule is CCC(C)Nc1cc(C)nc(NCc2ccccn2)n1. The summed E-state index contributed by atoms with van der Waals surface area (Å²) in [6.45, 7) is 6.87. The van der Waals surface area contributed by atoms with Crippen LogP contribution in [0.5, 0.6) is 0 Å². The minimum atomic E-state index is 0.396. The summed E-state index contributed by atoms with van der Waals surface area (Å²) in [5.74, 6) is 1.48. The van der Waals surface area contributed by atoms with Gasteiger partial charge in [-0.1, -0.05) is 13.0 Å². The highest BCUT2D eigenvalue weighted by atomic mass is 15.1. The van der Waals surface area contributed by atoms with Crippen LogP contribution in [0, 0.1) is 6.92 Å². The number of hydrogen-bond donors (Lipinski definition) is 2. The second-order valence-corrected chi connectivity index (χ2v) is 4.85. The Morgan fingerprint density at radius 3 is 2.80 bits per heavy atom. The van der Waals surface area contributed by atoms with E-state index in [1.165, 1.54) is 0 Å². The number of aryl methyl sites for hydroxylation is 1. The highest BCUT2D eigenvalue weighted by molar-refractivity contribution is 5.42. The number of pyridine rings is 1. The van der Waals surface area contributed by atoms with Gasteiger partial charge in [-0.15, -0.1) is 0 Å². The van der Waals surface area contributed by atoms with Crippen LogP contribution in [0.2, 0.25) is 0 Å². The zero-order valence-corrected chi connectivity index (χ0v) is 12.2. The van der Waals surface area contributed by atoms with Crippen molar-refractivity contribution in [1.29, 1.82) is 0 Å². The summed E-state index contributed by atoms with van der Waals surface area (Å²) in [4.78, 5) is 13.1. The van der Waals surface area contributed by atoms with Gasteiger partial charge < -0.3 is 10.6 Å². The van der Waals surface area contributed by atoms with Crippen molar-refractivity contribution in [3.63, 3.8) is 0 Å². The average Bonchev–Trinajstić information content (AvgIpc) is 2.45. The molecule has 0 amide bonds. The fourth-order valence-electron chi connectivity index (χ4n) is 1.75. The smallest absolute Gasteiger partial charge is 0.225 e. The quantitative estimate of drug-likeness (QED) is 0.845. The van der Waals surface area contributed by atoms with Crippen LogP contribution in [-0.4, -0.2) is 21.0 Å². The summed E-state index contributed by atoms with van der Waals surface area (Å²) in [6.07, 6.45) is 2.84. The predicted molar refractivity (Wildman–Crippen MR) is 81.7 cm³/mol. The summed E-state index contributed by atoms with van der Waals surface area (Å²) < 4.78 is 0. The Morgan fingerprint density at radius 1 is 1.25 bits per heavy atom. The van der Waals surface area contributed by atoms with Crippen LogP contribution in [0.3, 0.4) is 0 Å². The number of aromatic nitrogens is 3. The van der Waals surface area contributed by atoms with Gasteiger partial charge in [0, 0.05) is 24.0 Å². The normalized spacial score (nSPS) is 11.9. The van der Waals surface area contributed by atoms with Crippen molar-refractivity contribution in [2.45, 2.75) is 39.8 Å². The fraction of sp³-hybridized carbons (Fsp3) is 0.400. The largest absolute Gasteiger partial charge is 0.367 e. The molecule has 5 nitrogen and oxygen atoms in total. The van der Waals surface area contributed by atoms with Crippen molar-refractivity contribution in [1.82, 2.24) is 15.0 Å². The van der Waals surface area contributed by atoms with Crippen molar-refractivity contribution < 1.29 is 0 Å². The van der Waals surface area contributed by atoms with Crippen molar-refractivity contribution >= 4 is 11.8 Å². The molecule has 2 rings (SSSR count). The second-order valence-electron chi connectivity index (χ2n) is 4.85. The van der Waals surface area contributed by atoms with Crippen LogP contribution in [-0.2, 0) is 6.54 Å². The molecule has 0 radical (unpaired) electrons. The van der Waals surface area contributed by atoms with Crippen LogP contribution in [0.25, 0.3) is 0 Å². The predicted octanol–water partition coefficient (Wildman–Crippen LogP) is 3.00. The van der Waals surface area contributed by atoms with Crippen LogP contribution < -0.4 is 10.6 Å². The molecule has 0 aromatic carbocycles. The Balaban J connectivity index is 2.04.